The largest absolute Gasteiger partial charge is 0.381 e. The van der Waals surface area contributed by atoms with E-state index in [1.165, 1.54) is 19.3 Å². The third-order valence-electron chi connectivity index (χ3n) is 3.08. The Morgan fingerprint density at radius 2 is 2.09 bits per heavy atom. The summed E-state index contributed by atoms with van der Waals surface area (Å²) in [6.07, 6.45) is 4.03. The van der Waals surface area contributed by atoms with Crippen LogP contribution in [0.2, 0.25) is 0 Å². The summed E-state index contributed by atoms with van der Waals surface area (Å²) < 4.78 is 5.46. The quantitative estimate of drug-likeness (QED) is 0.646. The van der Waals surface area contributed by atoms with Crippen molar-refractivity contribution in [1.29, 1.82) is 0 Å². The molecule has 64 valence electrons. The van der Waals surface area contributed by atoms with Gasteiger partial charge < -0.3 is 10.5 Å². The summed E-state index contributed by atoms with van der Waals surface area (Å²) >= 11 is 0. The Labute approximate surface area is 68.1 Å². The summed E-state index contributed by atoms with van der Waals surface area (Å²) in [7, 11) is 0. The number of hydrogen-bond donors (Lipinski definition) is 1. The van der Waals surface area contributed by atoms with Crippen LogP contribution in [0, 0.1) is 17.8 Å². The fraction of sp³-hybridized carbons (Fsp3) is 1.00. The Bertz CT molecular complexity index is 134. The van der Waals surface area contributed by atoms with Gasteiger partial charge in [0.1, 0.15) is 0 Å². The first-order valence-corrected chi connectivity index (χ1v) is 4.69. The average molecular weight is 155 g/mol. The topological polar surface area (TPSA) is 35.2 Å². The van der Waals surface area contributed by atoms with E-state index in [9.17, 15) is 0 Å². The van der Waals surface area contributed by atoms with Crippen molar-refractivity contribution in [3.05, 3.63) is 0 Å². The highest BCUT2D eigenvalue weighted by atomic mass is 16.5. The first kappa shape index (κ1) is 7.56. The van der Waals surface area contributed by atoms with Crippen LogP contribution in [0.25, 0.3) is 0 Å². The van der Waals surface area contributed by atoms with E-state index in [-0.39, 0.29) is 0 Å². The first-order valence-electron chi connectivity index (χ1n) is 4.69. The summed E-state index contributed by atoms with van der Waals surface area (Å²) in [6.45, 7) is 2.78. The molecule has 1 aliphatic carbocycles. The molecule has 2 rings (SSSR count). The molecule has 2 heteroatoms. The monoisotopic (exact) mass is 155 g/mol. The number of ether oxygens (including phenoxy) is 1. The van der Waals surface area contributed by atoms with Gasteiger partial charge in [-0.2, -0.15) is 0 Å². The van der Waals surface area contributed by atoms with Crippen molar-refractivity contribution in [2.45, 2.75) is 19.3 Å². The fourth-order valence-corrected chi connectivity index (χ4v) is 2.14. The molecule has 11 heavy (non-hydrogen) atoms. The van der Waals surface area contributed by atoms with Crippen LogP contribution in [0.15, 0.2) is 0 Å². The minimum atomic E-state index is 0.760. The zero-order valence-corrected chi connectivity index (χ0v) is 6.96. The highest BCUT2D eigenvalue weighted by Crippen LogP contribution is 2.42. The van der Waals surface area contributed by atoms with Crippen LogP contribution in [-0.4, -0.2) is 19.8 Å². The van der Waals surface area contributed by atoms with Gasteiger partial charge in [-0.3, -0.25) is 0 Å². The van der Waals surface area contributed by atoms with Crippen LogP contribution >= 0.6 is 0 Å². The molecule has 0 spiro atoms. The third-order valence-corrected chi connectivity index (χ3v) is 3.08. The van der Waals surface area contributed by atoms with Crippen LogP contribution in [0.4, 0.5) is 0 Å². The first-order chi connectivity index (χ1) is 5.42. The lowest BCUT2D eigenvalue weighted by molar-refractivity contribution is 0.0106. The number of hydrogen-bond acceptors (Lipinski definition) is 2. The van der Waals surface area contributed by atoms with Crippen LogP contribution in [0.3, 0.4) is 0 Å². The van der Waals surface area contributed by atoms with E-state index >= 15 is 0 Å². The van der Waals surface area contributed by atoms with Gasteiger partial charge in [-0.05, 0) is 43.6 Å². The van der Waals surface area contributed by atoms with Crippen LogP contribution < -0.4 is 5.73 Å². The SMILES string of the molecule is NCC1CCOCC1C1CC1. The zero-order valence-electron chi connectivity index (χ0n) is 6.96. The Morgan fingerprint density at radius 1 is 1.27 bits per heavy atom. The van der Waals surface area contributed by atoms with E-state index in [0.29, 0.717) is 0 Å². The molecule has 0 aromatic rings. The summed E-state index contributed by atoms with van der Waals surface area (Å²) in [5, 5.41) is 0. The van der Waals surface area contributed by atoms with E-state index in [2.05, 4.69) is 0 Å². The molecule has 2 atom stereocenters. The molecule has 1 saturated carbocycles. The van der Waals surface area contributed by atoms with Gasteiger partial charge >= 0.3 is 0 Å². The van der Waals surface area contributed by atoms with E-state index in [1.807, 2.05) is 0 Å². The van der Waals surface area contributed by atoms with Crippen molar-refractivity contribution in [2.24, 2.45) is 23.5 Å². The van der Waals surface area contributed by atoms with Crippen molar-refractivity contribution in [2.75, 3.05) is 19.8 Å². The summed E-state index contributed by atoms with van der Waals surface area (Å²) in [5.41, 5.74) is 5.70. The predicted molar refractivity (Wildman–Crippen MR) is 44.2 cm³/mol. The van der Waals surface area contributed by atoms with Gasteiger partial charge in [0.05, 0.1) is 0 Å². The Hall–Kier alpha value is -0.0800. The molecule has 2 N–H and O–H groups in total. The van der Waals surface area contributed by atoms with E-state index in [0.717, 1.165) is 37.5 Å². The van der Waals surface area contributed by atoms with Gasteiger partial charge in [-0.15, -0.1) is 0 Å². The molecule has 2 fully saturated rings. The summed E-state index contributed by atoms with van der Waals surface area (Å²) in [5.74, 6) is 2.52. The summed E-state index contributed by atoms with van der Waals surface area (Å²) in [4.78, 5) is 0. The second-order valence-electron chi connectivity index (χ2n) is 3.86. The van der Waals surface area contributed by atoms with Crippen LogP contribution in [-0.2, 0) is 4.74 Å². The molecule has 0 aromatic carbocycles. The second-order valence-corrected chi connectivity index (χ2v) is 3.86. The molecule has 0 aromatic heterocycles. The molecular weight excluding hydrogens is 138 g/mol. The summed E-state index contributed by atoms with van der Waals surface area (Å²) in [6, 6.07) is 0. The van der Waals surface area contributed by atoms with Gasteiger partial charge in [0.25, 0.3) is 0 Å². The van der Waals surface area contributed by atoms with Gasteiger partial charge in [0.2, 0.25) is 0 Å². The van der Waals surface area contributed by atoms with Gasteiger partial charge in [-0.1, -0.05) is 0 Å². The molecule has 1 saturated heterocycles. The normalized spacial score (nSPS) is 39.0. The fourth-order valence-electron chi connectivity index (χ4n) is 2.14. The minimum Gasteiger partial charge on any atom is -0.381 e. The maximum atomic E-state index is 5.70. The van der Waals surface area contributed by atoms with Crippen LogP contribution in [0.5, 0.6) is 0 Å². The molecule has 0 radical (unpaired) electrons. The predicted octanol–water partition coefficient (Wildman–Crippen LogP) is 1.01. The Balaban J connectivity index is 1.91. The van der Waals surface area contributed by atoms with Crippen molar-refractivity contribution in [1.82, 2.24) is 0 Å². The Kier molecular flexibility index (Phi) is 2.14. The molecule has 2 nitrogen and oxygen atoms in total. The van der Waals surface area contributed by atoms with E-state index in [1.54, 1.807) is 0 Å². The van der Waals surface area contributed by atoms with Gasteiger partial charge in [0.15, 0.2) is 0 Å². The lowest BCUT2D eigenvalue weighted by atomic mass is 9.85. The molecule has 1 aliphatic heterocycles. The molecular formula is C9H17NO. The Morgan fingerprint density at radius 3 is 2.73 bits per heavy atom. The molecule has 2 unspecified atom stereocenters. The van der Waals surface area contributed by atoms with Crippen molar-refractivity contribution in [3.8, 4) is 0 Å². The van der Waals surface area contributed by atoms with E-state index < -0.39 is 0 Å². The van der Waals surface area contributed by atoms with E-state index in [4.69, 9.17) is 10.5 Å². The standard InChI is InChI=1S/C9H17NO/c10-5-8-3-4-11-6-9(8)7-1-2-7/h7-9H,1-6,10H2. The van der Waals surface area contributed by atoms with Gasteiger partial charge in [0, 0.05) is 13.2 Å². The van der Waals surface area contributed by atoms with Crippen molar-refractivity contribution < 1.29 is 4.74 Å². The highest BCUT2D eigenvalue weighted by Gasteiger charge is 2.37. The number of rotatable bonds is 2. The average Bonchev–Trinajstić information content (AvgIpc) is 2.87. The lowest BCUT2D eigenvalue weighted by Crippen LogP contribution is -2.33. The molecule has 0 amide bonds. The molecule has 2 aliphatic rings. The third kappa shape index (κ3) is 1.57. The highest BCUT2D eigenvalue weighted by molar-refractivity contribution is 4.87. The zero-order chi connectivity index (χ0) is 7.68. The smallest absolute Gasteiger partial charge is 0.0500 e. The molecule has 1 heterocycles. The minimum absolute atomic E-state index is 0.760. The van der Waals surface area contributed by atoms with Gasteiger partial charge in [-0.25, -0.2) is 0 Å². The lowest BCUT2D eigenvalue weighted by Gasteiger charge is -2.30. The van der Waals surface area contributed by atoms with Crippen molar-refractivity contribution >= 4 is 0 Å². The maximum absolute atomic E-state index is 5.70. The van der Waals surface area contributed by atoms with Crippen LogP contribution in [0.1, 0.15) is 19.3 Å². The number of nitrogens with two attached hydrogens (primary N) is 1. The molecule has 0 bridgehead atoms. The van der Waals surface area contributed by atoms with Crippen molar-refractivity contribution in [3.63, 3.8) is 0 Å². The second kappa shape index (κ2) is 3.11. The maximum Gasteiger partial charge on any atom is 0.0500 e.